The highest BCUT2D eigenvalue weighted by atomic mass is 16.5. The molecule has 1 amide bonds. The van der Waals surface area contributed by atoms with Crippen LogP contribution in [0.5, 0.6) is 5.75 Å². The summed E-state index contributed by atoms with van der Waals surface area (Å²) in [5.74, 6) is 0.479. The molecule has 0 heterocycles. The van der Waals surface area contributed by atoms with E-state index < -0.39 is 5.54 Å². The fraction of sp³-hybridized carbons (Fsp3) is 0.562. The second-order valence-corrected chi connectivity index (χ2v) is 5.23. The van der Waals surface area contributed by atoms with Gasteiger partial charge in [-0.25, -0.2) is 0 Å². The van der Waals surface area contributed by atoms with Crippen LogP contribution in [-0.4, -0.2) is 29.8 Å². The van der Waals surface area contributed by atoms with E-state index in [0.29, 0.717) is 18.6 Å². The van der Waals surface area contributed by atoms with Gasteiger partial charge < -0.3 is 15.2 Å². The molecule has 0 unspecified atom stereocenters. The number of hydrogen-bond acceptors (Lipinski definition) is 3. The first-order valence-corrected chi connectivity index (χ1v) is 7.08. The minimum Gasteiger partial charge on any atom is -0.484 e. The van der Waals surface area contributed by atoms with Crippen molar-refractivity contribution < 1.29 is 14.6 Å². The number of hydrogen-bond donors (Lipinski definition) is 2. The monoisotopic (exact) mass is 279 g/mol. The summed E-state index contributed by atoms with van der Waals surface area (Å²) in [6.45, 7) is 7.84. The van der Waals surface area contributed by atoms with E-state index in [9.17, 15) is 9.90 Å². The summed E-state index contributed by atoms with van der Waals surface area (Å²) in [7, 11) is 0. The van der Waals surface area contributed by atoms with Crippen molar-refractivity contribution in [2.75, 3.05) is 13.2 Å². The Labute approximate surface area is 121 Å². The fourth-order valence-electron chi connectivity index (χ4n) is 1.97. The van der Waals surface area contributed by atoms with Gasteiger partial charge in [-0.3, -0.25) is 4.79 Å². The van der Waals surface area contributed by atoms with Crippen molar-refractivity contribution in [2.45, 2.75) is 46.1 Å². The topological polar surface area (TPSA) is 58.6 Å². The van der Waals surface area contributed by atoms with Crippen molar-refractivity contribution in [3.63, 3.8) is 0 Å². The Bertz CT molecular complexity index is 445. The SMILES string of the molecule is CCC(CC)(CO)NC(=O)COc1ccc(C)c(C)c1. The molecule has 20 heavy (non-hydrogen) atoms. The molecular weight excluding hydrogens is 254 g/mol. The highest BCUT2D eigenvalue weighted by Crippen LogP contribution is 2.17. The van der Waals surface area contributed by atoms with Crippen LogP contribution >= 0.6 is 0 Å². The predicted molar refractivity (Wildman–Crippen MR) is 80.0 cm³/mol. The lowest BCUT2D eigenvalue weighted by Crippen LogP contribution is -2.51. The zero-order valence-electron chi connectivity index (χ0n) is 12.8. The molecule has 1 aromatic rings. The molecule has 0 radical (unpaired) electrons. The van der Waals surface area contributed by atoms with E-state index in [1.165, 1.54) is 5.56 Å². The van der Waals surface area contributed by atoms with Crippen LogP contribution in [0.4, 0.5) is 0 Å². The molecule has 1 aromatic carbocycles. The standard InChI is InChI=1S/C16H25NO3/c1-5-16(6-2,11-18)17-15(19)10-20-14-8-7-12(3)13(4)9-14/h7-9,18H,5-6,10-11H2,1-4H3,(H,17,19). The number of rotatable bonds is 7. The molecule has 0 saturated carbocycles. The number of aryl methyl sites for hydroxylation is 2. The van der Waals surface area contributed by atoms with Crippen LogP contribution in [0.25, 0.3) is 0 Å². The lowest BCUT2D eigenvalue weighted by molar-refractivity contribution is -0.125. The van der Waals surface area contributed by atoms with Crippen molar-refractivity contribution in [1.82, 2.24) is 5.32 Å². The van der Waals surface area contributed by atoms with Crippen molar-refractivity contribution in [2.24, 2.45) is 0 Å². The molecule has 0 aromatic heterocycles. The predicted octanol–water partition coefficient (Wildman–Crippen LogP) is 2.35. The van der Waals surface area contributed by atoms with Crippen LogP contribution in [0.15, 0.2) is 18.2 Å². The van der Waals surface area contributed by atoms with Gasteiger partial charge in [-0.1, -0.05) is 19.9 Å². The number of amides is 1. The van der Waals surface area contributed by atoms with Gasteiger partial charge in [-0.2, -0.15) is 0 Å². The van der Waals surface area contributed by atoms with Gasteiger partial charge in [0, 0.05) is 0 Å². The van der Waals surface area contributed by atoms with Crippen molar-refractivity contribution in [3.8, 4) is 5.75 Å². The molecule has 0 fully saturated rings. The van der Waals surface area contributed by atoms with Gasteiger partial charge in [-0.15, -0.1) is 0 Å². The third-order valence-electron chi connectivity index (χ3n) is 3.91. The molecule has 4 nitrogen and oxygen atoms in total. The largest absolute Gasteiger partial charge is 0.484 e. The summed E-state index contributed by atoms with van der Waals surface area (Å²) >= 11 is 0. The molecule has 0 aliphatic carbocycles. The fourth-order valence-corrected chi connectivity index (χ4v) is 1.97. The van der Waals surface area contributed by atoms with Gasteiger partial charge in [0.2, 0.25) is 0 Å². The lowest BCUT2D eigenvalue weighted by Gasteiger charge is -2.30. The molecule has 0 aliphatic heterocycles. The Balaban J connectivity index is 2.56. The molecule has 4 heteroatoms. The first-order valence-electron chi connectivity index (χ1n) is 7.08. The first kappa shape index (κ1) is 16.5. The number of aliphatic hydroxyl groups is 1. The molecule has 0 atom stereocenters. The van der Waals surface area contributed by atoms with Crippen LogP contribution in [0.1, 0.15) is 37.8 Å². The summed E-state index contributed by atoms with van der Waals surface area (Å²) in [5, 5.41) is 12.3. The third kappa shape index (κ3) is 4.23. The van der Waals surface area contributed by atoms with Gasteiger partial charge >= 0.3 is 0 Å². The highest BCUT2D eigenvalue weighted by molar-refractivity contribution is 5.78. The van der Waals surface area contributed by atoms with Crippen molar-refractivity contribution in [1.29, 1.82) is 0 Å². The number of ether oxygens (including phenoxy) is 1. The van der Waals surface area contributed by atoms with E-state index in [1.807, 2.05) is 45.9 Å². The zero-order valence-corrected chi connectivity index (χ0v) is 12.8. The average Bonchev–Trinajstić information content (AvgIpc) is 2.46. The molecule has 0 aliphatic rings. The van der Waals surface area contributed by atoms with E-state index in [1.54, 1.807) is 0 Å². The Morgan fingerprint density at radius 3 is 2.40 bits per heavy atom. The minimum absolute atomic E-state index is 0.0374. The maximum absolute atomic E-state index is 11.9. The lowest BCUT2D eigenvalue weighted by atomic mass is 9.94. The third-order valence-corrected chi connectivity index (χ3v) is 3.91. The van der Waals surface area contributed by atoms with Crippen LogP contribution in [0.3, 0.4) is 0 Å². The molecule has 112 valence electrons. The van der Waals surface area contributed by atoms with E-state index in [-0.39, 0.29) is 19.1 Å². The summed E-state index contributed by atoms with van der Waals surface area (Å²) in [5.41, 5.74) is 1.79. The minimum atomic E-state index is -0.538. The summed E-state index contributed by atoms with van der Waals surface area (Å²) in [6, 6.07) is 5.74. The van der Waals surface area contributed by atoms with E-state index in [4.69, 9.17) is 4.74 Å². The number of carbonyl (C=O) groups is 1. The van der Waals surface area contributed by atoms with Gasteiger partial charge in [0.25, 0.3) is 5.91 Å². The quantitative estimate of drug-likeness (QED) is 0.805. The van der Waals surface area contributed by atoms with E-state index >= 15 is 0 Å². The Hall–Kier alpha value is -1.55. The van der Waals surface area contributed by atoms with Crippen molar-refractivity contribution >= 4 is 5.91 Å². The Morgan fingerprint density at radius 2 is 1.90 bits per heavy atom. The number of aliphatic hydroxyl groups excluding tert-OH is 1. The molecule has 0 spiro atoms. The second kappa shape index (κ2) is 7.29. The van der Waals surface area contributed by atoms with Gasteiger partial charge in [-0.05, 0) is 49.9 Å². The number of nitrogens with one attached hydrogen (secondary N) is 1. The average molecular weight is 279 g/mol. The van der Waals surface area contributed by atoms with Gasteiger partial charge in [0.15, 0.2) is 6.61 Å². The Morgan fingerprint density at radius 1 is 1.25 bits per heavy atom. The maximum atomic E-state index is 11.9. The van der Waals surface area contributed by atoms with E-state index in [0.717, 1.165) is 5.56 Å². The molecule has 0 saturated heterocycles. The number of benzene rings is 1. The number of carbonyl (C=O) groups excluding carboxylic acids is 1. The summed E-state index contributed by atoms with van der Waals surface area (Å²) in [4.78, 5) is 11.9. The highest BCUT2D eigenvalue weighted by Gasteiger charge is 2.27. The Kier molecular flexibility index (Phi) is 6.02. The maximum Gasteiger partial charge on any atom is 0.258 e. The van der Waals surface area contributed by atoms with Crippen LogP contribution in [-0.2, 0) is 4.79 Å². The molecule has 1 rings (SSSR count). The molecule has 0 bridgehead atoms. The molecular formula is C16H25NO3. The smallest absolute Gasteiger partial charge is 0.258 e. The van der Waals surface area contributed by atoms with Crippen LogP contribution in [0, 0.1) is 13.8 Å². The first-order chi connectivity index (χ1) is 9.46. The van der Waals surface area contributed by atoms with Crippen molar-refractivity contribution in [3.05, 3.63) is 29.3 Å². The molecule has 2 N–H and O–H groups in total. The summed E-state index contributed by atoms with van der Waals surface area (Å²) in [6.07, 6.45) is 1.38. The normalized spacial score (nSPS) is 11.2. The zero-order chi connectivity index (χ0) is 15.2. The second-order valence-electron chi connectivity index (χ2n) is 5.23. The van der Waals surface area contributed by atoms with Crippen LogP contribution in [0.2, 0.25) is 0 Å². The van der Waals surface area contributed by atoms with Gasteiger partial charge in [0.05, 0.1) is 12.1 Å². The van der Waals surface area contributed by atoms with Crippen LogP contribution < -0.4 is 10.1 Å². The van der Waals surface area contributed by atoms with Gasteiger partial charge in [0.1, 0.15) is 5.75 Å². The summed E-state index contributed by atoms with van der Waals surface area (Å²) < 4.78 is 5.49. The van der Waals surface area contributed by atoms with E-state index in [2.05, 4.69) is 5.32 Å².